The van der Waals surface area contributed by atoms with Crippen molar-refractivity contribution in [1.82, 2.24) is 5.32 Å². The first-order chi connectivity index (χ1) is 16.9. The number of nitrogens with one attached hydrogen (secondary N) is 2. The molecular formula is C27H37N3O5. The number of carbonyl (C=O) groups excluding carboxylic acids is 2. The summed E-state index contributed by atoms with van der Waals surface area (Å²) in [6.07, 6.45) is 2.92. The summed E-state index contributed by atoms with van der Waals surface area (Å²) >= 11 is 0. The van der Waals surface area contributed by atoms with Gasteiger partial charge >= 0.3 is 0 Å². The average molecular weight is 484 g/mol. The average Bonchev–Trinajstić information content (AvgIpc) is 2.88. The predicted octanol–water partition coefficient (Wildman–Crippen LogP) is 4.35. The topological polar surface area (TPSA) is 89.1 Å². The lowest BCUT2D eigenvalue weighted by Crippen LogP contribution is -2.35. The number of carbonyl (C=O) groups is 2. The van der Waals surface area contributed by atoms with Crippen molar-refractivity contribution in [2.75, 3.05) is 57.3 Å². The molecule has 0 radical (unpaired) electrons. The number of hydrogen-bond acceptors (Lipinski definition) is 6. The monoisotopic (exact) mass is 483 g/mol. The highest BCUT2D eigenvalue weighted by Gasteiger charge is 2.22. The zero-order valence-corrected chi connectivity index (χ0v) is 21.2. The maximum atomic E-state index is 13.2. The molecule has 0 aromatic heterocycles. The molecule has 2 N–H and O–H groups in total. The van der Waals surface area contributed by atoms with Crippen LogP contribution in [-0.4, -0.2) is 58.9 Å². The number of nitrogens with zero attached hydrogens (tertiary/aromatic N) is 1. The molecule has 8 nitrogen and oxygen atoms in total. The number of hydrogen-bond donors (Lipinski definition) is 2. The van der Waals surface area contributed by atoms with Crippen molar-refractivity contribution in [3.8, 4) is 11.5 Å². The predicted molar refractivity (Wildman–Crippen MR) is 138 cm³/mol. The molecule has 1 aliphatic rings. The molecule has 0 bridgehead atoms. The zero-order chi connectivity index (χ0) is 25.2. The molecular weight excluding hydrogens is 446 g/mol. The summed E-state index contributed by atoms with van der Waals surface area (Å²) in [5.74, 6) is 1.26. The van der Waals surface area contributed by atoms with Crippen LogP contribution in [0.3, 0.4) is 0 Å². The number of amides is 2. The highest BCUT2D eigenvalue weighted by atomic mass is 16.5. The van der Waals surface area contributed by atoms with E-state index in [1.165, 1.54) is 14.2 Å². The lowest BCUT2D eigenvalue weighted by Gasteiger charge is -2.33. The first-order valence-corrected chi connectivity index (χ1v) is 12.2. The minimum atomic E-state index is -0.315. The minimum absolute atomic E-state index is 0.158. The van der Waals surface area contributed by atoms with E-state index in [9.17, 15) is 9.59 Å². The third-order valence-electron chi connectivity index (χ3n) is 6.19. The Hall–Kier alpha value is -3.26. The Kier molecular flexibility index (Phi) is 9.78. The highest BCUT2D eigenvalue weighted by Crippen LogP contribution is 2.29. The van der Waals surface area contributed by atoms with Crippen LogP contribution < -0.4 is 25.0 Å². The van der Waals surface area contributed by atoms with Gasteiger partial charge in [-0.05, 0) is 62.4 Å². The number of methoxy groups -OCH3 is 2. The van der Waals surface area contributed by atoms with Crippen LogP contribution in [0.5, 0.6) is 11.5 Å². The van der Waals surface area contributed by atoms with Gasteiger partial charge in [0, 0.05) is 55.9 Å². The number of rotatable bonds is 11. The number of benzene rings is 2. The lowest BCUT2D eigenvalue weighted by atomic mass is 9.97. The fraction of sp³-hybridized carbons (Fsp3) is 0.481. The maximum absolute atomic E-state index is 13.2. The van der Waals surface area contributed by atoms with E-state index in [4.69, 9.17) is 14.2 Å². The molecule has 0 aliphatic carbocycles. The van der Waals surface area contributed by atoms with Gasteiger partial charge in [0.1, 0.15) is 11.5 Å². The van der Waals surface area contributed by atoms with E-state index in [0.29, 0.717) is 54.0 Å². The molecule has 2 aromatic carbocycles. The van der Waals surface area contributed by atoms with E-state index in [1.807, 2.05) is 19.1 Å². The van der Waals surface area contributed by atoms with Crippen LogP contribution in [0.25, 0.3) is 0 Å². The molecule has 35 heavy (non-hydrogen) atoms. The van der Waals surface area contributed by atoms with Crippen molar-refractivity contribution in [3.63, 3.8) is 0 Å². The van der Waals surface area contributed by atoms with Gasteiger partial charge in [0.25, 0.3) is 11.8 Å². The van der Waals surface area contributed by atoms with E-state index in [1.54, 1.807) is 24.3 Å². The molecule has 8 heteroatoms. The summed E-state index contributed by atoms with van der Waals surface area (Å²) in [5.41, 5.74) is 2.39. The van der Waals surface area contributed by atoms with Gasteiger partial charge in [-0.25, -0.2) is 0 Å². The van der Waals surface area contributed by atoms with Crippen LogP contribution in [0.1, 0.15) is 53.8 Å². The van der Waals surface area contributed by atoms with Gasteiger partial charge < -0.3 is 29.7 Å². The Morgan fingerprint density at radius 2 is 1.69 bits per heavy atom. The highest BCUT2D eigenvalue weighted by molar-refractivity contribution is 6.06. The normalized spacial score (nSPS) is 13.9. The molecule has 1 fully saturated rings. The van der Waals surface area contributed by atoms with Crippen molar-refractivity contribution in [1.29, 1.82) is 0 Å². The first kappa shape index (κ1) is 26.3. The van der Waals surface area contributed by atoms with Gasteiger partial charge in [0.2, 0.25) is 0 Å². The van der Waals surface area contributed by atoms with Crippen molar-refractivity contribution < 1.29 is 23.8 Å². The fourth-order valence-corrected chi connectivity index (χ4v) is 4.08. The summed E-state index contributed by atoms with van der Waals surface area (Å²) in [7, 11) is 3.07. The molecule has 1 saturated heterocycles. The van der Waals surface area contributed by atoms with Gasteiger partial charge in [-0.3, -0.25) is 9.59 Å². The van der Waals surface area contributed by atoms with Crippen LogP contribution in [0.4, 0.5) is 11.4 Å². The molecule has 1 aliphatic heterocycles. The number of anilines is 2. The first-order valence-electron chi connectivity index (χ1n) is 12.2. The smallest absolute Gasteiger partial charge is 0.255 e. The quantitative estimate of drug-likeness (QED) is 0.462. The molecule has 3 rings (SSSR count). The summed E-state index contributed by atoms with van der Waals surface area (Å²) in [5, 5.41) is 5.91. The Bertz CT molecular complexity index is 980. The van der Waals surface area contributed by atoms with E-state index in [-0.39, 0.29) is 11.8 Å². The van der Waals surface area contributed by atoms with Crippen molar-refractivity contribution in [2.45, 2.75) is 33.1 Å². The SMILES string of the molecule is CCOCCCNC(=O)c1cc(NC(=O)c2cc(OC)cc(OC)c2)ccc1N1CCC(C)CC1. The summed E-state index contributed by atoms with van der Waals surface area (Å²) in [4.78, 5) is 28.4. The summed E-state index contributed by atoms with van der Waals surface area (Å²) in [6.45, 7) is 7.80. The zero-order valence-electron chi connectivity index (χ0n) is 21.2. The number of ether oxygens (including phenoxy) is 3. The van der Waals surface area contributed by atoms with Crippen molar-refractivity contribution >= 4 is 23.2 Å². The third kappa shape index (κ3) is 7.36. The van der Waals surface area contributed by atoms with Crippen LogP contribution in [0, 0.1) is 5.92 Å². The van der Waals surface area contributed by atoms with E-state index < -0.39 is 0 Å². The summed E-state index contributed by atoms with van der Waals surface area (Å²) < 4.78 is 15.9. The lowest BCUT2D eigenvalue weighted by molar-refractivity contribution is 0.0943. The Morgan fingerprint density at radius 3 is 2.31 bits per heavy atom. The molecule has 190 valence electrons. The molecule has 2 amide bonds. The molecule has 0 spiro atoms. The van der Waals surface area contributed by atoms with Crippen molar-refractivity contribution in [3.05, 3.63) is 47.5 Å². The standard InChI is InChI=1S/C27H37N3O5/c1-5-35-14-6-11-28-27(32)24-17-21(7-8-25(24)30-12-9-19(2)10-13-30)29-26(31)20-15-22(33-3)18-23(16-20)34-4/h7-8,15-19H,5-6,9-14H2,1-4H3,(H,28,32)(H,29,31). The van der Waals surface area contributed by atoms with E-state index in [2.05, 4.69) is 22.5 Å². The minimum Gasteiger partial charge on any atom is -0.497 e. The Labute approximate surface area is 207 Å². The van der Waals surface area contributed by atoms with Gasteiger partial charge in [-0.15, -0.1) is 0 Å². The maximum Gasteiger partial charge on any atom is 0.255 e. The largest absolute Gasteiger partial charge is 0.497 e. The molecule has 0 saturated carbocycles. The van der Waals surface area contributed by atoms with Gasteiger partial charge in [0.05, 0.1) is 19.8 Å². The van der Waals surface area contributed by atoms with Gasteiger partial charge in [-0.2, -0.15) is 0 Å². The van der Waals surface area contributed by atoms with Crippen LogP contribution in [0.15, 0.2) is 36.4 Å². The summed E-state index contributed by atoms with van der Waals surface area (Å²) in [6, 6.07) is 10.5. The van der Waals surface area contributed by atoms with Crippen LogP contribution in [0.2, 0.25) is 0 Å². The second-order valence-corrected chi connectivity index (χ2v) is 8.76. The molecule has 0 atom stereocenters. The molecule has 0 unspecified atom stereocenters. The molecule has 2 aromatic rings. The Balaban J connectivity index is 1.81. The Morgan fingerprint density at radius 1 is 1.00 bits per heavy atom. The van der Waals surface area contributed by atoms with Crippen LogP contribution >= 0.6 is 0 Å². The van der Waals surface area contributed by atoms with Crippen molar-refractivity contribution in [2.24, 2.45) is 5.92 Å². The van der Waals surface area contributed by atoms with E-state index >= 15 is 0 Å². The van der Waals surface area contributed by atoms with E-state index in [0.717, 1.165) is 38.0 Å². The second-order valence-electron chi connectivity index (χ2n) is 8.76. The molecule has 1 heterocycles. The third-order valence-corrected chi connectivity index (χ3v) is 6.19. The van der Waals surface area contributed by atoms with Crippen LogP contribution in [-0.2, 0) is 4.74 Å². The van der Waals surface area contributed by atoms with Gasteiger partial charge in [-0.1, -0.05) is 6.92 Å². The second kappa shape index (κ2) is 13.0. The van der Waals surface area contributed by atoms with Gasteiger partial charge in [0.15, 0.2) is 0 Å². The number of piperidine rings is 1. The fourth-order valence-electron chi connectivity index (χ4n) is 4.08.